The minimum Gasteiger partial charge on any atom is -0.479 e. The third-order valence-corrected chi connectivity index (χ3v) is 11.0. The van der Waals surface area contributed by atoms with Crippen molar-refractivity contribution in [2.45, 2.75) is 60.2 Å². The van der Waals surface area contributed by atoms with E-state index in [9.17, 15) is 23.9 Å². The zero-order valence-corrected chi connectivity index (χ0v) is 33.9. The lowest BCUT2D eigenvalue weighted by Crippen LogP contribution is -2.42. The second-order valence-electron chi connectivity index (χ2n) is 14.5. The summed E-state index contributed by atoms with van der Waals surface area (Å²) in [4.78, 5) is 41.4. The van der Waals surface area contributed by atoms with E-state index in [0.717, 1.165) is 44.7 Å². The van der Waals surface area contributed by atoms with Gasteiger partial charge < -0.3 is 40.2 Å². The highest BCUT2D eigenvalue weighted by Crippen LogP contribution is 2.48. The molecule has 0 aromatic heterocycles. The van der Waals surface area contributed by atoms with Gasteiger partial charge in [0.1, 0.15) is 5.82 Å². The maximum absolute atomic E-state index is 12.9. The molecule has 3 unspecified atom stereocenters. The van der Waals surface area contributed by atoms with Crippen LogP contribution in [0.3, 0.4) is 0 Å². The number of aliphatic hydroxyl groups is 3. The Hall–Kier alpha value is -4.34. The molecule has 2 heterocycles. The third kappa shape index (κ3) is 13.4. The molecule has 11 nitrogen and oxygen atoms in total. The van der Waals surface area contributed by atoms with E-state index in [-0.39, 0.29) is 11.6 Å². The van der Waals surface area contributed by atoms with Gasteiger partial charge in [-0.3, -0.25) is 4.79 Å². The van der Waals surface area contributed by atoms with Gasteiger partial charge in [-0.25, -0.2) is 14.0 Å². The van der Waals surface area contributed by atoms with Gasteiger partial charge in [0.25, 0.3) is 0 Å². The van der Waals surface area contributed by atoms with Crippen molar-refractivity contribution in [2.24, 2.45) is 5.92 Å². The van der Waals surface area contributed by atoms with Crippen LogP contribution in [0.1, 0.15) is 48.5 Å². The standard InChI is InChI=1S/C21H23ClFNO2.C18H22N2S.C4H6O6/c22-18-7-5-17(6-8-18)21(26)11-14-24(15-12-21)13-1-2-20(25)16-3-9-19(23)10-4-16;1-14(12-19(2)3)13-20-15-8-4-6-10-17(15)21-18-11-7-5-9-16(18)20;5-1(3(7)8)2(6)4(9)10/h3-10,26H,1-2,11-15H2;4-11,14H,12-13H2,1-3H3;1-2,5-6H,(H,7,8)(H,9,10). The van der Waals surface area contributed by atoms with E-state index in [2.05, 4.69) is 84.2 Å². The Kier molecular flexibility index (Phi) is 17.1. The average Bonchev–Trinajstić information content (AvgIpc) is 3.18. The Balaban J connectivity index is 0.000000208. The fourth-order valence-electron chi connectivity index (χ4n) is 6.68. The highest BCUT2D eigenvalue weighted by Gasteiger charge is 2.34. The number of likely N-dealkylation sites (tertiary alicyclic amines) is 1. The van der Waals surface area contributed by atoms with Gasteiger partial charge in [0, 0.05) is 53.0 Å². The van der Waals surface area contributed by atoms with Gasteiger partial charge in [0.05, 0.1) is 17.0 Å². The predicted molar refractivity (Wildman–Crippen MR) is 220 cm³/mol. The molecule has 4 aromatic rings. The van der Waals surface area contributed by atoms with Crippen LogP contribution < -0.4 is 4.90 Å². The van der Waals surface area contributed by atoms with Crippen molar-refractivity contribution in [3.8, 4) is 0 Å². The maximum atomic E-state index is 12.9. The average molecular weight is 824 g/mol. The molecule has 14 heteroatoms. The van der Waals surface area contributed by atoms with Gasteiger partial charge in [-0.15, -0.1) is 0 Å². The normalized spacial score (nSPS) is 16.1. The van der Waals surface area contributed by atoms with Crippen LogP contribution in [0.15, 0.2) is 107 Å². The Morgan fingerprint density at radius 2 is 1.33 bits per heavy atom. The number of rotatable bonds is 13. The van der Waals surface area contributed by atoms with Crippen LogP contribution in [0.2, 0.25) is 5.02 Å². The lowest BCUT2D eigenvalue weighted by atomic mass is 9.84. The third-order valence-electron chi connectivity index (χ3n) is 9.62. The molecule has 1 fully saturated rings. The number of carbonyl (C=O) groups excluding carboxylic acids is 1. The highest BCUT2D eigenvalue weighted by molar-refractivity contribution is 7.99. The molecule has 0 saturated carbocycles. The minimum atomic E-state index is -2.27. The molecule has 0 aliphatic carbocycles. The van der Waals surface area contributed by atoms with Crippen molar-refractivity contribution in [3.63, 3.8) is 0 Å². The molecule has 1 saturated heterocycles. The number of carboxylic acids is 2. The SMILES string of the molecule is CC(CN(C)C)CN1c2ccccc2Sc2ccccc21.O=C(CCCN1CCC(O)(c2ccc(Cl)cc2)CC1)c1ccc(F)cc1.O=C(O)C(O)C(O)C(=O)O. The number of hydrogen-bond acceptors (Lipinski definition) is 10. The molecule has 57 heavy (non-hydrogen) atoms. The van der Waals surface area contributed by atoms with Crippen LogP contribution in [-0.2, 0) is 15.2 Å². The van der Waals surface area contributed by atoms with Crippen LogP contribution in [0.4, 0.5) is 15.8 Å². The van der Waals surface area contributed by atoms with Crippen molar-refractivity contribution < 1.29 is 44.3 Å². The number of hydrogen-bond donors (Lipinski definition) is 5. The Morgan fingerprint density at radius 3 is 1.82 bits per heavy atom. The Bertz CT molecular complexity index is 1860. The summed E-state index contributed by atoms with van der Waals surface area (Å²) in [5.74, 6) is -3.21. The van der Waals surface area contributed by atoms with Crippen molar-refractivity contribution in [1.82, 2.24) is 9.80 Å². The van der Waals surface area contributed by atoms with Crippen LogP contribution in [0, 0.1) is 11.7 Å². The molecule has 6 rings (SSSR count). The number of carboxylic acid groups (broad SMARTS) is 2. The minimum absolute atomic E-state index is 0.0414. The number of anilines is 2. The second-order valence-corrected chi connectivity index (χ2v) is 16.0. The first-order valence-corrected chi connectivity index (χ1v) is 19.9. The number of ketones is 1. The number of fused-ring (bicyclic) bond motifs is 2. The molecule has 2 aliphatic heterocycles. The van der Waals surface area contributed by atoms with Crippen LogP contribution in [0.25, 0.3) is 0 Å². The first-order valence-electron chi connectivity index (χ1n) is 18.7. The summed E-state index contributed by atoms with van der Waals surface area (Å²) in [5, 5.41) is 44.1. The Morgan fingerprint density at radius 1 is 0.825 bits per heavy atom. The van der Waals surface area contributed by atoms with Gasteiger partial charge in [-0.05, 0) is 112 Å². The number of aliphatic hydroxyl groups excluding tert-OH is 2. The molecular formula is C43H51ClFN3O8S. The van der Waals surface area contributed by atoms with E-state index in [0.29, 0.717) is 35.8 Å². The van der Waals surface area contributed by atoms with E-state index < -0.39 is 29.7 Å². The fourth-order valence-corrected chi connectivity index (χ4v) is 7.90. The predicted octanol–water partition coefficient (Wildman–Crippen LogP) is 6.79. The molecular weight excluding hydrogens is 773 g/mol. The summed E-state index contributed by atoms with van der Waals surface area (Å²) in [5.41, 5.74) is 3.35. The van der Waals surface area contributed by atoms with E-state index in [1.807, 2.05) is 36.0 Å². The first kappa shape index (κ1) is 45.4. The number of para-hydroxylation sites is 2. The number of piperidine rings is 1. The van der Waals surface area contributed by atoms with Crippen molar-refractivity contribution in [1.29, 1.82) is 0 Å². The molecule has 0 radical (unpaired) electrons. The van der Waals surface area contributed by atoms with E-state index in [4.69, 9.17) is 32.0 Å². The van der Waals surface area contributed by atoms with Gasteiger partial charge in [-0.1, -0.05) is 66.7 Å². The first-order chi connectivity index (χ1) is 27.1. The fraction of sp³-hybridized carbons (Fsp3) is 0.372. The molecule has 5 N–H and O–H groups in total. The highest BCUT2D eigenvalue weighted by atomic mass is 35.5. The summed E-state index contributed by atoms with van der Waals surface area (Å²) in [7, 11) is 4.29. The summed E-state index contributed by atoms with van der Waals surface area (Å²) in [6, 6.07) is 30.5. The largest absolute Gasteiger partial charge is 0.479 e. The molecule has 0 amide bonds. The van der Waals surface area contributed by atoms with E-state index in [1.165, 1.54) is 45.4 Å². The number of halogens is 2. The van der Waals surface area contributed by atoms with Gasteiger partial charge in [0.15, 0.2) is 18.0 Å². The molecule has 3 atom stereocenters. The van der Waals surface area contributed by atoms with Crippen LogP contribution >= 0.6 is 23.4 Å². The number of carbonyl (C=O) groups is 3. The van der Waals surface area contributed by atoms with Gasteiger partial charge in [0.2, 0.25) is 0 Å². The lowest BCUT2D eigenvalue weighted by molar-refractivity contribution is -0.165. The lowest BCUT2D eigenvalue weighted by Gasteiger charge is -2.38. The summed E-state index contributed by atoms with van der Waals surface area (Å²) in [6.07, 6.45) is -1.99. The molecule has 0 bridgehead atoms. The molecule has 4 aromatic carbocycles. The number of nitrogens with zero attached hydrogens (tertiary/aromatic N) is 3. The molecule has 2 aliphatic rings. The van der Waals surface area contributed by atoms with E-state index in [1.54, 1.807) is 0 Å². The smallest absolute Gasteiger partial charge is 0.335 e. The Labute approximate surface area is 342 Å². The molecule has 0 spiro atoms. The monoisotopic (exact) mass is 823 g/mol. The maximum Gasteiger partial charge on any atom is 0.335 e. The summed E-state index contributed by atoms with van der Waals surface area (Å²) >= 11 is 7.79. The summed E-state index contributed by atoms with van der Waals surface area (Å²) < 4.78 is 12.9. The summed E-state index contributed by atoms with van der Waals surface area (Å²) in [6.45, 7) is 6.89. The van der Waals surface area contributed by atoms with Gasteiger partial charge >= 0.3 is 11.9 Å². The number of benzene rings is 4. The van der Waals surface area contributed by atoms with Crippen LogP contribution in [0.5, 0.6) is 0 Å². The van der Waals surface area contributed by atoms with Crippen molar-refractivity contribution in [2.75, 3.05) is 51.7 Å². The van der Waals surface area contributed by atoms with Crippen molar-refractivity contribution in [3.05, 3.63) is 119 Å². The number of Topliss-reactive ketones (excluding diaryl/α,β-unsaturated/α-hetero) is 1. The zero-order chi connectivity index (χ0) is 41.7. The van der Waals surface area contributed by atoms with Crippen molar-refractivity contribution >= 4 is 52.5 Å². The molecule has 306 valence electrons. The number of aliphatic carboxylic acids is 2. The van der Waals surface area contributed by atoms with Crippen LogP contribution in [-0.4, -0.2) is 112 Å². The topological polar surface area (TPSA) is 162 Å². The van der Waals surface area contributed by atoms with Gasteiger partial charge in [-0.2, -0.15) is 0 Å². The second kappa shape index (κ2) is 21.4. The zero-order valence-electron chi connectivity index (χ0n) is 32.3. The quantitative estimate of drug-likeness (QED) is 0.0900. The van der Waals surface area contributed by atoms with E-state index >= 15 is 0 Å².